The van der Waals surface area contributed by atoms with Crippen LogP contribution in [0, 0.1) is 16.7 Å². The second-order valence-corrected chi connectivity index (χ2v) is 9.75. The Morgan fingerprint density at radius 1 is 1.00 bits per heavy atom. The highest BCUT2D eigenvalue weighted by atomic mass is 16.6. The Morgan fingerprint density at radius 3 is 2.26 bits per heavy atom. The lowest BCUT2D eigenvalue weighted by Gasteiger charge is -2.41. The van der Waals surface area contributed by atoms with Gasteiger partial charge in [-0.15, -0.1) is 0 Å². The molecule has 0 spiro atoms. The van der Waals surface area contributed by atoms with Crippen LogP contribution in [0.4, 0.5) is 10.5 Å². The molecule has 5 heteroatoms. The quantitative estimate of drug-likeness (QED) is 0.571. The van der Waals surface area contributed by atoms with Crippen LogP contribution in [0.3, 0.4) is 0 Å². The molecule has 2 aliphatic rings. The highest BCUT2D eigenvalue weighted by molar-refractivity contribution is 5.93. The molecule has 164 valence electrons. The molecule has 0 aliphatic heterocycles. The molecule has 0 heterocycles. The summed E-state index contributed by atoms with van der Waals surface area (Å²) in [5.41, 5.74) is 1.47. The average Bonchev–Trinajstić information content (AvgIpc) is 3.26. The van der Waals surface area contributed by atoms with Gasteiger partial charge in [0, 0.05) is 16.5 Å². The summed E-state index contributed by atoms with van der Waals surface area (Å²) in [5, 5.41) is 0. The van der Waals surface area contributed by atoms with Gasteiger partial charge in [-0.05, 0) is 42.9 Å². The van der Waals surface area contributed by atoms with Gasteiger partial charge in [-0.3, -0.25) is 9.69 Å². The first-order chi connectivity index (χ1) is 14.8. The molecule has 2 aliphatic carbocycles. The van der Waals surface area contributed by atoms with E-state index in [1.165, 1.54) is 11.3 Å². The molecule has 5 nitrogen and oxygen atoms in total. The van der Waals surface area contributed by atoms with Crippen molar-refractivity contribution in [2.45, 2.75) is 52.7 Å². The van der Waals surface area contributed by atoms with Crippen LogP contribution < -0.4 is 4.90 Å². The van der Waals surface area contributed by atoms with Crippen molar-refractivity contribution in [2.24, 2.45) is 16.7 Å². The molecule has 1 amide bonds. The first-order valence-corrected chi connectivity index (χ1v) is 11.0. The number of carbonyl (C=O) groups is 2. The minimum atomic E-state index is -0.564. The van der Waals surface area contributed by atoms with E-state index >= 15 is 0 Å². The Morgan fingerprint density at radius 2 is 1.65 bits per heavy atom. The second-order valence-electron chi connectivity index (χ2n) is 9.75. The van der Waals surface area contributed by atoms with Gasteiger partial charge in [0.05, 0.1) is 0 Å². The van der Waals surface area contributed by atoms with Gasteiger partial charge in [-0.25, -0.2) is 4.79 Å². The molecule has 0 saturated heterocycles. The van der Waals surface area contributed by atoms with E-state index in [0.29, 0.717) is 11.6 Å². The topological polar surface area (TPSA) is 55.8 Å². The monoisotopic (exact) mass is 421 g/mol. The zero-order valence-corrected chi connectivity index (χ0v) is 18.5. The highest BCUT2D eigenvalue weighted by Gasteiger charge is 2.61. The lowest BCUT2D eigenvalue weighted by atomic mass is 9.70. The summed E-state index contributed by atoms with van der Waals surface area (Å²) in [6.45, 7) is 6.59. The minimum Gasteiger partial charge on any atom is -0.460 e. The summed E-state index contributed by atoms with van der Waals surface area (Å²) in [4.78, 5) is 27.3. The van der Waals surface area contributed by atoms with Crippen molar-refractivity contribution in [3.63, 3.8) is 0 Å². The van der Waals surface area contributed by atoms with E-state index in [1.807, 2.05) is 48.5 Å². The van der Waals surface area contributed by atoms with Crippen LogP contribution in [0.25, 0.3) is 0 Å². The van der Waals surface area contributed by atoms with Gasteiger partial charge >= 0.3 is 12.1 Å². The number of ether oxygens (including phenoxy) is 2. The number of amides is 1. The van der Waals surface area contributed by atoms with Crippen molar-refractivity contribution in [1.29, 1.82) is 0 Å². The summed E-state index contributed by atoms with van der Waals surface area (Å²) in [7, 11) is 0. The third-order valence-corrected chi connectivity index (χ3v) is 7.17. The van der Waals surface area contributed by atoms with Crippen molar-refractivity contribution in [3.8, 4) is 0 Å². The third kappa shape index (κ3) is 4.32. The fourth-order valence-electron chi connectivity index (χ4n) is 5.51. The predicted octanol–water partition coefficient (Wildman–Crippen LogP) is 5.59. The Balaban J connectivity index is 1.46. The van der Waals surface area contributed by atoms with E-state index < -0.39 is 12.1 Å². The summed E-state index contributed by atoms with van der Waals surface area (Å²) in [6.07, 6.45) is 2.68. The molecule has 2 saturated carbocycles. The van der Waals surface area contributed by atoms with Crippen LogP contribution in [-0.4, -0.2) is 24.7 Å². The maximum absolute atomic E-state index is 13.0. The Bertz CT molecular complexity index is 922. The standard InChI is InChI=1S/C26H31NO4/c1-25(2)20-14-15-26(3,16-20)23(25)31-22(28)17-27(21-12-8-5-9-13-21)24(29)30-18-19-10-6-4-7-11-19/h4-13,20,23H,14-18H2,1-3H3. The minimum absolute atomic E-state index is 0.0230. The zero-order chi connectivity index (χ0) is 22.1. The maximum Gasteiger partial charge on any atom is 0.415 e. The van der Waals surface area contributed by atoms with Crippen molar-refractivity contribution >= 4 is 17.7 Å². The van der Waals surface area contributed by atoms with Gasteiger partial charge in [0.25, 0.3) is 0 Å². The third-order valence-electron chi connectivity index (χ3n) is 7.17. The molecule has 4 rings (SSSR count). The van der Waals surface area contributed by atoms with Crippen LogP contribution in [0.15, 0.2) is 60.7 Å². The SMILES string of the molecule is CC12CCC(C1)C(C)(C)C2OC(=O)CN(C(=O)OCc1ccccc1)c1ccccc1. The number of fused-ring (bicyclic) bond motifs is 2. The zero-order valence-electron chi connectivity index (χ0n) is 18.5. The molecule has 3 unspecified atom stereocenters. The highest BCUT2D eigenvalue weighted by Crippen LogP contribution is 2.63. The van der Waals surface area contributed by atoms with E-state index in [4.69, 9.17) is 9.47 Å². The lowest BCUT2D eigenvalue weighted by Crippen LogP contribution is -2.46. The fraction of sp³-hybridized carbons (Fsp3) is 0.462. The molecule has 31 heavy (non-hydrogen) atoms. The molecule has 3 atom stereocenters. The number of hydrogen-bond donors (Lipinski definition) is 0. The smallest absolute Gasteiger partial charge is 0.415 e. The summed E-state index contributed by atoms with van der Waals surface area (Å²) < 4.78 is 11.5. The number of carbonyl (C=O) groups excluding carboxylic acids is 2. The number of nitrogens with zero attached hydrogens (tertiary/aromatic N) is 1. The first-order valence-electron chi connectivity index (χ1n) is 11.0. The van der Waals surface area contributed by atoms with E-state index in [9.17, 15) is 9.59 Å². The van der Waals surface area contributed by atoms with Crippen molar-refractivity contribution in [1.82, 2.24) is 0 Å². The number of benzene rings is 2. The van der Waals surface area contributed by atoms with Gasteiger partial charge < -0.3 is 9.47 Å². The molecular formula is C26H31NO4. The number of rotatable bonds is 6. The van der Waals surface area contributed by atoms with E-state index in [1.54, 1.807) is 12.1 Å². The lowest BCUT2D eigenvalue weighted by molar-refractivity contribution is -0.162. The van der Waals surface area contributed by atoms with Crippen LogP contribution in [-0.2, 0) is 20.9 Å². The van der Waals surface area contributed by atoms with Crippen molar-refractivity contribution in [2.75, 3.05) is 11.4 Å². The Kier molecular flexibility index (Phi) is 5.78. The summed E-state index contributed by atoms with van der Waals surface area (Å²) in [5.74, 6) is 0.184. The van der Waals surface area contributed by atoms with Crippen molar-refractivity contribution < 1.29 is 19.1 Å². The molecule has 0 aromatic heterocycles. The molecular weight excluding hydrogens is 390 g/mol. The molecule has 2 aromatic carbocycles. The maximum atomic E-state index is 13.0. The van der Waals surface area contributed by atoms with Crippen LogP contribution in [0.5, 0.6) is 0 Å². The number of hydrogen-bond acceptors (Lipinski definition) is 4. The van der Waals surface area contributed by atoms with Gasteiger partial charge in [0.15, 0.2) is 0 Å². The molecule has 0 N–H and O–H groups in total. The van der Waals surface area contributed by atoms with Gasteiger partial charge in [-0.2, -0.15) is 0 Å². The number of esters is 1. The fourth-order valence-corrected chi connectivity index (χ4v) is 5.51. The largest absolute Gasteiger partial charge is 0.460 e. The number of para-hydroxylation sites is 1. The summed E-state index contributed by atoms with van der Waals surface area (Å²) in [6, 6.07) is 18.6. The number of anilines is 1. The van der Waals surface area contributed by atoms with Gasteiger partial charge in [-0.1, -0.05) is 69.3 Å². The Labute approximate surface area is 184 Å². The second kappa shape index (κ2) is 8.37. The van der Waals surface area contributed by atoms with Crippen LogP contribution in [0.2, 0.25) is 0 Å². The van der Waals surface area contributed by atoms with Gasteiger partial charge in [0.1, 0.15) is 19.3 Å². The molecule has 2 aromatic rings. The van der Waals surface area contributed by atoms with Crippen molar-refractivity contribution in [3.05, 3.63) is 66.2 Å². The van der Waals surface area contributed by atoms with Crippen LogP contribution in [0.1, 0.15) is 45.6 Å². The molecule has 2 bridgehead atoms. The predicted molar refractivity (Wildman–Crippen MR) is 120 cm³/mol. The normalized spacial score (nSPS) is 25.8. The average molecular weight is 422 g/mol. The van der Waals surface area contributed by atoms with Gasteiger partial charge in [0.2, 0.25) is 0 Å². The molecule has 2 fully saturated rings. The van der Waals surface area contributed by atoms with Crippen LogP contribution >= 0.6 is 0 Å². The van der Waals surface area contributed by atoms with E-state index in [2.05, 4.69) is 20.8 Å². The van der Waals surface area contributed by atoms with E-state index in [-0.39, 0.29) is 30.1 Å². The summed E-state index contributed by atoms with van der Waals surface area (Å²) >= 11 is 0. The van der Waals surface area contributed by atoms with E-state index in [0.717, 1.165) is 18.4 Å². The molecule has 0 radical (unpaired) electrons. The first kappa shape index (κ1) is 21.4. The Hall–Kier alpha value is -2.82.